The van der Waals surface area contributed by atoms with Gasteiger partial charge in [0, 0.05) is 18.7 Å². The SMILES string of the molecule is CCS(=O)(=O)Oc1ccc(CN(CC(C)C)C(=O)c2ccc3c(c2)OCO3)cc1. The van der Waals surface area contributed by atoms with E-state index < -0.39 is 10.1 Å². The lowest BCUT2D eigenvalue weighted by atomic mass is 10.1. The molecule has 0 atom stereocenters. The zero-order chi connectivity index (χ0) is 21.0. The van der Waals surface area contributed by atoms with Crippen molar-refractivity contribution in [2.75, 3.05) is 19.1 Å². The van der Waals surface area contributed by atoms with Crippen molar-refractivity contribution in [3.63, 3.8) is 0 Å². The van der Waals surface area contributed by atoms with Crippen LogP contribution in [0.3, 0.4) is 0 Å². The molecule has 29 heavy (non-hydrogen) atoms. The third-order valence-corrected chi connectivity index (χ3v) is 5.52. The van der Waals surface area contributed by atoms with Crippen LogP contribution in [0.15, 0.2) is 42.5 Å². The largest absolute Gasteiger partial charge is 0.454 e. The topological polar surface area (TPSA) is 82.1 Å². The number of hydrogen-bond donors (Lipinski definition) is 0. The van der Waals surface area contributed by atoms with Crippen molar-refractivity contribution in [1.82, 2.24) is 4.90 Å². The van der Waals surface area contributed by atoms with Crippen LogP contribution in [-0.2, 0) is 16.7 Å². The fourth-order valence-corrected chi connectivity index (χ4v) is 3.47. The Morgan fingerprint density at radius 1 is 1.10 bits per heavy atom. The Morgan fingerprint density at radius 3 is 2.45 bits per heavy atom. The fourth-order valence-electron chi connectivity index (χ4n) is 2.95. The molecule has 0 aliphatic carbocycles. The number of rotatable bonds is 8. The maximum absolute atomic E-state index is 13.1. The number of hydrogen-bond acceptors (Lipinski definition) is 6. The van der Waals surface area contributed by atoms with E-state index in [-0.39, 0.29) is 30.1 Å². The highest BCUT2D eigenvalue weighted by Gasteiger charge is 2.21. The summed E-state index contributed by atoms with van der Waals surface area (Å²) in [6.45, 7) is 6.75. The Kier molecular flexibility index (Phi) is 6.32. The minimum atomic E-state index is -3.57. The quantitative estimate of drug-likeness (QED) is 0.610. The van der Waals surface area contributed by atoms with Gasteiger partial charge in [0.05, 0.1) is 5.75 Å². The summed E-state index contributed by atoms with van der Waals surface area (Å²) in [5.74, 6) is 1.54. The van der Waals surface area contributed by atoms with Gasteiger partial charge in [0.25, 0.3) is 5.91 Å². The summed E-state index contributed by atoms with van der Waals surface area (Å²) in [5, 5.41) is 0. The molecular weight excluding hydrogens is 394 g/mol. The predicted octanol–water partition coefficient (Wildman–Crippen LogP) is 3.44. The number of ether oxygens (including phenoxy) is 2. The lowest BCUT2D eigenvalue weighted by Gasteiger charge is -2.25. The van der Waals surface area contributed by atoms with E-state index in [1.807, 2.05) is 13.8 Å². The predicted molar refractivity (Wildman–Crippen MR) is 109 cm³/mol. The van der Waals surface area contributed by atoms with E-state index in [1.165, 1.54) is 6.92 Å². The third-order valence-electron chi connectivity index (χ3n) is 4.37. The molecule has 0 spiro atoms. The Bertz CT molecular complexity index is 969. The Morgan fingerprint density at radius 2 is 1.79 bits per heavy atom. The minimum absolute atomic E-state index is 0.0963. The van der Waals surface area contributed by atoms with Crippen LogP contribution in [0.5, 0.6) is 17.2 Å². The average Bonchev–Trinajstić information content (AvgIpc) is 3.15. The summed E-state index contributed by atoms with van der Waals surface area (Å²) in [5.41, 5.74) is 1.41. The number of benzene rings is 2. The van der Waals surface area contributed by atoms with Crippen molar-refractivity contribution >= 4 is 16.0 Å². The fraction of sp³-hybridized carbons (Fsp3) is 0.381. The van der Waals surface area contributed by atoms with Gasteiger partial charge in [0.2, 0.25) is 6.79 Å². The number of fused-ring (bicyclic) bond motifs is 1. The Labute approximate surface area is 171 Å². The molecule has 0 radical (unpaired) electrons. The van der Waals surface area contributed by atoms with Crippen molar-refractivity contribution in [2.24, 2.45) is 5.92 Å². The summed E-state index contributed by atoms with van der Waals surface area (Å²) < 4.78 is 38.9. The molecule has 1 aliphatic heterocycles. The normalized spacial score (nSPS) is 12.8. The molecule has 156 valence electrons. The van der Waals surface area contributed by atoms with Crippen molar-refractivity contribution in [3.8, 4) is 17.2 Å². The van der Waals surface area contributed by atoms with Gasteiger partial charge in [-0.3, -0.25) is 4.79 Å². The first-order valence-electron chi connectivity index (χ1n) is 9.47. The van der Waals surface area contributed by atoms with Gasteiger partial charge in [-0.2, -0.15) is 8.42 Å². The maximum atomic E-state index is 13.1. The molecule has 7 nitrogen and oxygen atoms in total. The number of carbonyl (C=O) groups excluding carboxylic acids is 1. The molecule has 1 amide bonds. The van der Waals surface area contributed by atoms with Gasteiger partial charge in [0.1, 0.15) is 5.75 Å². The molecule has 2 aromatic carbocycles. The summed E-state index contributed by atoms with van der Waals surface area (Å²) in [4.78, 5) is 14.9. The van der Waals surface area contributed by atoms with Crippen molar-refractivity contribution in [3.05, 3.63) is 53.6 Å². The Balaban J connectivity index is 1.76. The highest BCUT2D eigenvalue weighted by molar-refractivity contribution is 7.87. The lowest BCUT2D eigenvalue weighted by Crippen LogP contribution is -2.33. The number of nitrogens with zero attached hydrogens (tertiary/aromatic N) is 1. The zero-order valence-corrected chi connectivity index (χ0v) is 17.6. The number of amides is 1. The highest BCUT2D eigenvalue weighted by atomic mass is 32.2. The zero-order valence-electron chi connectivity index (χ0n) is 16.8. The first-order valence-corrected chi connectivity index (χ1v) is 11.0. The molecule has 3 rings (SSSR count). The van der Waals surface area contributed by atoms with Gasteiger partial charge >= 0.3 is 10.1 Å². The van der Waals surface area contributed by atoms with Crippen LogP contribution in [0.1, 0.15) is 36.7 Å². The van der Waals surface area contributed by atoms with E-state index in [1.54, 1.807) is 47.4 Å². The van der Waals surface area contributed by atoms with Crippen LogP contribution < -0.4 is 13.7 Å². The molecule has 0 aromatic heterocycles. The average molecular weight is 419 g/mol. The van der Waals surface area contributed by atoms with E-state index in [4.69, 9.17) is 13.7 Å². The summed E-state index contributed by atoms with van der Waals surface area (Å²) in [7, 11) is -3.57. The molecule has 0 unspecified atom stereocenters. The summed E-state index contributed by atoms with van der Waals surface area (Å²) >= 11 is 0. The third kappa shape index (κ3) is 5.41. The molecule has 0 N–H and O–H groups in total. The van der Waals surface area contributed by atoms with E-state index in [2.05, 4.69) is 0 Å². The van der Waals surface area contributed by atoms with E-state index in [0.29, 0.717) is 30.2 Å². The van der Waals surface area contributed by atoms with Crippen LogP contribution in [0, 0.1) is 5.92 Å². The van der Waals surface area contributed by atoms with Gasteiger partial charge < -0.3 is 18.6 Å². The first kappa shape index (κ1) is 21.0. The summed E-state index contributed by atoms with van der Waals surface area (Å²) in [6, 6.07) is 11.9. The molecule has 0 fully saturated rings. The van der Waals surface area contributed by atoms with Gasteiger partial charge in [-0.25, -0.2) is 0 Å². The maximum Gasteiger partial charge on any atom is 0.308 e. The van der Waals surface area contributed by atoms with E-state index in [9.17, 15) is 13.2 Å². The molecule has 0 saturated heterocycles. The van der Waals surface area contributed by atoms with Gasteiger partial charge in [-0.1, -0.05) is 26.0 Å². The Hall–Kier alpha value is -2.74. The van der Waals surface area contributed by atoms with Crippen LogP contribution in [0.2, 0.25) is 0 Å². The van der Waals surface area contributed by atoms with Crippen molar-refractivity contribution in [2.45, 2.75) is 27.3 Å². The monoisotopic (exact) mass is 419 g/mol. The molecule has 0 bridgehead atoms. The van der Waals surface area contributed by atoms with Gasteiger partial charge in [-0.15, -0.1) is 0 Å². The first-order chi connectivity index (χ1) is 13.8. The molecule has 1 heterocycles. The molecule has 0 saturated carbocycles. The van der Waals surface area contributed by atoms with Crippen LogP contribution >= 0.6 is 0 Å². The molecular formula is C21H25NO6S. The van der Waals surface area contributed by atoms with E-state index in [0.717, 1.165) is 5.56 Å². The second-order valence-electron chi connectivity index (χ2n) is 7.22. The number of carbonyl (C=O) groups is 1. The molecule has 2 aromatic rings. The molecule has 1 aliphatic rings. The van der Waals surface area contributed by atoms with Crippen LogP contribution in [0.4, 0.5) is 0 Å². The van der Waals surface area contributed by atoms with Crippen LogP contribution in [-0.4, -0.2) is 38.3 Å². The standard InChI is InChI=1S/C21H25NO6S/c1-4-29(24,25)28-18-8-5-16(6-9-18)13-22(12-15(2)3)21(23)17-7-10-19-20(11-17)27-14-26-19/h5-11,15H,4,12-14H2,1-3H3. The smallest absolute Gasteiger partial charge is 0.308 e. The lowest BCUT2D eigenvalue weighted by molar-refractivity contribution is 0.0722. The van der Waals surface area contributed by atoms with Gasteiger partial charge in [0.15, 0.2) is 11.5 Å². The highest BCUT2D eigenvalue weighted by Crippen LogP contribution is 2.33. The second-order valence-corrected chi connectivity index (χ2v) is 9.08. The minimum Gasteiger partial charge on any atom is -0.454 e. The van der Waals surface area contributed by atoms with Crippen LogP contribution in [0.25, 0.3) is 0 Å². The van der Waals surface area contributed by atoms with Crippen molar-refractivity contribution < 1.29 is 26.9 Å². The molecule has 8 heteroatoms. The van der Waals surface area contributed by atoms with Gasteiger partial charge in [-0.05, 0) is 48.7 Å². The van der Waals surface area contributed by atoms with E-state index >= 15 is 0 Å². The van der Waals surface area contributed by atoms with Crippen molar-refractivity contribution in [1.29, 1.82) is 0 Å². The summed E-state index contributed by atoms with van der Waals surface area (Å²) in [6.07, 6.45) is 0. The second kappa shape index (κ2) is 8.73.